The van der Waals surface area contributed by atoms with Crippen molar-refractivity contribution in [2.45, 2.75) is 32.5 Å². The molecule has 1 aromatic heterocycles. The summed E-state index contributed by atoms with van der Waals surface area (Å²) in [4.78, 5) is 1.19. The molecule has 0 aliphatic carbocycles. The molecule has 0 saturated carbocycles. The molecule has 2 nitrogen and oxygen atoms in total. The first-order chi connectivity index (χ1) is 6.70. The van der Waals surface area contributed by atoms with Crippen molar-refractivity contribution >= 4 is 11.3 Å². The maximum absolute atomic E-state index is 10.1. The first-order valence-electron chi connectivity index (χ1n) is 5.04. The van der Waals surface area contributed by atoms with Gasteiger partial charge in [-0.05, 0) is 36.3 Å². The zero-order chi connectivity index (χ0) is 10.1. The van der Waals surface area contributed by atoms with Crippen LogP contribution in [0.4, 0.5) is 0 Å². The van der Waals surface area contributed by atoms with Crippen molar-refractivity contribution in [2.24, 2.45) is 5.92 Å². The van der Waals surface area contributed by atoms with Crippen LogP contribution in [0.5, 0.6) is 0 Å². The van der Waals surface area contributed by atoms with Crippen molar-refractivity contribution in [3.05, 3.63) is 21.9 Å². The van der Waals surface area contributed by atoms with Gasteiger partial charge >= 0.3 is 0 Å². The van der Waals surface area contributed by atoms with Gasteiger partial charge in [0.25, 0.3) is 0 Å². The van der Waals surface area contributed by atoms with E-state index in [9.17, 15) is 5.11 Å². The molecule has 1 aliphatic rings. The van der Waals surface area contributed by atoms with Gasteiger partial charge in [-0.15, -0.1) is 11.3 Å². The molecule has 78 valence electrons. The molecule has 0 radical (unpaired) electrons. The summed E-state index contributed by atoms with van der Waals surface area (Å²) in [6.45, 7) is 4.97. The molecule has 1 saturated heterocycles. The van der Waals surface area contributed by atoms with Gasteiger partial charge in [-0.3, -0.25) is 0 Å². The smallest absolute Gasteiger partial charge is 0.106 e. The molecule has 14 heavy (non-hydrogen) atoms. The molecule has 0 amide bonds. The number of rotatable bonds is 2. The highest BCUT2D eigenvalue weighted by Crippen LogP contribution is 2.33. The van der Waals surface area contributed by atoms with E-state index in [2.05, 4.69) is 6.92 Å². The average molecular weight is 212 g/mol. The first kappa shape index (κ1) is 10.1. The van der Waals surface area contributed by atoms with Crippen LogP contribution in [0.3, 0.4) is 0 Å². The monoisotopic (exact) mass is 212 g/mol. The Balaban J connectivity index is 2.15. The molecule has 3 atom stereocenters. The molecule has 1 fully saturated rings. The average Bonchev–Trinajstić information content (AvgIpc) is 2.73. The lowest BCUT2D eigenvalue weighted by Crippen LogP contribution is -2.23. The minimum absolute atomic E-state index is 0.0108. The lowest BCUT2D eigenvalue weighted by molar-refractivity contribution is -0.0178. The molecule has 3 unspecified atom stereocenters. The molecule has 0 aromatic carbocycles. The van der Waals surface area contributed by atoms with Gasteiger partial charge in [-0.1, -0.05) is 6.92 Å². The Morgan fingerprint density at radius 3 is 2.93 bits per heavy atom. The van der Waals surface area contributed by atoms with Gasteiger partial charge in [-0.25, -0.2) is 0 Å². The van der Waals surface area contributed by atoms with Crippen molar-refractivity contribution in [3.8, 4) is 0 Å². The van der Waals surface area contributed by atoms with E-state index in [0.717, 1.165) is 18.6 Å². The Kier molecular flexibility index (Phi) is 2.91. The molecule has 3 heteroatoms. The highest BCUT2D eigenvalue weighted by molar-refractivity contribution is 7.10. The van der Waals surface area contributed by atoms with Crippen molar-refractivity contribution < 1.29 is 9.84 Å². The van der Waals surface area contributed by atoms with E-state index in [1.807, 2.05) is 18.4 Å². The number of thiophene rings is 1. The third-order valence-corrected chi connectivity index (χ3v) is 3.83. The molecule has 1 N–H and O–H groups in total. The second-order valence-corrected chi connectivity index (χ2v) is 5.10. The summed E-state index contributed by atoms with van der Waals surface area (Å²) in [5.74, 6) is 0.462. The van der Waals surface area contributed by atoms with Crippen LogP contribution in [0.2, 0.25) is 0 Å². The zero-order valence-corrected chi connectivity index (χ0v) is 9.38. The Bertz CT molecular complexity index is 308. The van der Waals surface area contributed by atoms with Crippen LogP contribution in [0.1, 0.15) is 29.9 Å². The Morgan fingerprint density at radius 2 is 2.43 bits per heavy atom. The second-order valence-electron chi connectivity index (χ2n) is 3.98. The van der Waals surface area contributed by atoms with Gasteiger partial charge in [0.1, 0.15) is 6.10 Å². The quantitative estimate of drug-likeness (QED) is 0.816. The molecule has 1 aliphatic heterocycles. The number of aryl methyl sites for hydroxylation is 1. The molecule has 0 spiro atoms. The summed E-state index contributed by atoms with van der Waals surface area (Å²) < 4.78 is 5.56. The first-order valence-corrected chi connectivity index (χ1v) is 5.92. The van der Waals surface area contributed by atoms with Crippen LogP contribution in [0.15, 0.2) is 11.4 Å². The molecule has 1 aromatic rings. The van der Waals surface area contributed by atoms with Crippen LogP contribution in [-0.2, 0) is 4.74 Å². The molecule has 0 bridgehead atoms. The van der Waals surface area contributed by atoms with E-state index in [4.69, 9.17) is 4.74 Å². The highest BCUT2D eigenvalue weighted by atomic mass is 32.1. The van der Waals surface area contributed by atoms with E-state index in [1.165, 1.54) is 4.88 Å². The Labute approximate surface area is 88.5 Å². The van der Waals surface area contributed by atoms with E-state index < -0.39 is 6.10 Å². The lowest BCUT2D eigenvalue weighted by atomic mass is 9.95. The van der Waals surface area contributed by atoms with Crippen LogP contribution in [-0.4, -0.2) is 17.8 Å². The lowest BCUT2D eigenvalue weighted by Gasteiger charge is -2.21. The van der Waals surface area contributed by atoms with E-state index in [1.54, 1.807) is 11.3 Å². The SMILES string of the molecule is Cc1sccc1C(O)C1OCCC1C. The molecular weight excluding hydrogens is 196 g/mol. The third kappa shape index (κ3) is 1.72. The second kappa shape index (κ2) is 4.01. The molecule has 2 heterocycles. The van der Waals surface area contributed by atoms with Crippen molar-refractivity contribution in [1.82, 2.24) is 0 Å². The number of hydrogen-bond donors (Lipinski definition) is 1. The van der Waals surface area contributed by atoms with E-state index in [-0.39, 0.29) is 6.10 Å². The summed E-state index contributed by atoms with van der Waals surface area (Å²) in [7, 11) is 0. The van der Waals surface area contributed by atoms with Gasteiger partial charge in [-0.2, -0.15) is 0 Å². The van der Waals surface area contributed by atoms with Gasteiger partial charge in [0.05, 0.1) is 6.10 Å². The summed E-state index contributed by atoms with van der Waals surface area (Å²) in [5.41, 5.74) is 1.04. The van der Waals surface area contributed by atoms with Crippen LogP contribution in [0, 0.1) is 12.8 Å². The molecular formula is C11H16O2S. The maximum Gasteiger partial charge on any atom is 0.106 e. The Hall–Kier alpha value is -0.380. The number of aliphatic hydroxyl groups excluding tert-OH is 1. The highest BCUT2D eigenvalue weighted by Gasteiger charge is 2.32. The maximum atomic E-state index is 10.1. The van der Waals surface area contributed by atoms with Gasteiger partial charge in [0.2, 0.25) is 0 Å². The zero-order valence-electron chi connectivity index (χ0n) is 8.56. The predicted molar refractivity (Wildman–Crippen MR) is 57.5 cm³/mol. The minimum Gasteiger partial charge on any atom is -0.386 e. The number of ether oxygens (including phenoxy) is 1. The van der Waals surface area contributed by atoms with Gasteiger partial charge in [0, 0.05) is 11.5 Å². The van der Waals surface area contributed by atoms with Gasteiger partial charge in [0.15, 0.2) is 0 Å². The summed E-state index contributed by atoms with van der Waals surface area (Å²) in [5, 5.41) is 12.2. The number of hydrogen-bond acceptors (Lipinski definition) is 3. The van der Waals surface area contributed by atoms with Crippen molar-refractivity contribution in [1.29, 1.82) is 0 Å². The van der Waals surface area contributed by atoms with E-state index in [0.29, 0.717) is 5.92 Å². The molecule has 2 rings (SSSR count). The summed E-state index contributed by atoms with van der Waals surface area (Å²) in [6.07, 6.45) is 0.604. The van der Waals surface area contributed by atoms with Crippen LogP contribution in [0.25, 0.3) is 0 Å². The van der Waals surface area contributed by atoms with Crippen molar-refractivity contribution in [2.75, 3.05) is 6.61 Å². The normalized spacial score (nSPS) is 29.4. The number of aliphatic hydroxyl groups is 1. The topological polar surface area (TPSA) is 29.5 Å². The summed E-state index contributed by atoms with van der Waals surface area (Å²) in [6, 6.07) is 2.00. The summed E-state index contributed by atoms with van der Waals surface area (Å²) >= 11 is 1.68. The van der Waals surface area contributed by atoms with Gasteiger partial charge < -0.3 is 9.84 Å². The third-order valence-electron chi connectivity index (χ3n) is 2.97. The van der Waals surface area contributed by atoms with Crippen LogP contribution < -0.4 is 0 Å². The minimum atomic E-state index is -0.446. The van der Waals surface area contributed by atoms with Crippen LogP contribution >= 0.6 is 11.3 Å². The fourth-order valence-corrected chi connectivity index (χ4v) is 2.74. The Morgan fingerprint density at radius 1 is 1.64 bits per heavy atom. The van der Waals surface area contributed by atoms with E-state index >= 15 is 0 Å². The standard InChI is InChI=1S/C11H16O2S/c1-7-3-5-13-11(7)10(12)9-4-6-14-8(9)2/h4,6-7,10-12H,3,5H2,1-2H3. The van der Waals surface area contributed by atoms with Crippen molar-refractivity contribution in [3.63, 3.8) is 0 Å². The predicted octanol–water partition coefficient (Wildman–Crippen LogP) is 2.51. The fourth-order valence-electron chi connectivity index (χ4n) is 2.00. The largest absolute Gasteiger partial charge is 0.386 e. The fraction of sp³-hybridized carbons (Fsp3) is 0.636.